The van der Waals surface area contributed by atoms with E-state index in [1.54, 1.807) is 30.3 Å². The molecule has 36 heavy (non-hydrogen) atoms. The molecule has 4 rings (SSSR count). The van der Waals surface area contributed by atoms with E-state index in [0.717, 1.165) is 44.1 Å². The molecule has 0 aliphatic heterocycles. The molecule has 1 saturated carbocycles. The molecular weight excluding hydrogens is 457 g/mol. The lowest BCUT2D eigenvalue weighted by Crippen LogP contribution is -2.12. The van der Waals surface area contributed by atoms with Crippen molar-refractivity contribution in [2.45, 2.75) is 64.2 Å². The third-order valence-electron chi connectivity index (χ3n) is 7.41. The number of halogens is 3. The van der Waals surface area contributed by atoms with E-state index >= 15 is 0 Å². The number of unbranched alkanes of at least 4 members (excludes halogenated alkanes) is 2. The molecular formula is C32H35F3O. The summed E-state index contributed by atoms with van der Waals surface area (Å²) in [5.74, 6) is -1.08. The van der Waals surface area contributed by atoms with E-state index in [4.69, 9.17) is 4.74 Å². The maximum Gasteiger partial charge on any atom is 0.167 e. The Morgan fingerprint density at radius 2 is 1.61 bits per heavy atom. The summed E-state index contributed by atoms with van der Waals surface area (Å²) >= 11 is 0. The lowest BCUT2D eigenvalue weighted by atomic mass is 9.78. The molecule has 0 spiro atoms. The maximum absolute atomic E-state index is 14.9. The Labute approximate surface area is 213 Å². The highest BCUT2D eigenvalue weighted by Crippen LogP contribution is 2.38. The second kappa shape index (κ2) is 12.3. The van der Waals surface area contributed by atoms with Gasteiger partial charge in [0.15, 0.2) is 23.2 Å². The molecule has 190 valence electrons. The summed E-state index contributed by atoms with van der Waals surface area (Å²) in [4.78, 5) is 0. The average Bonchev–Trinajstić information content (AvgIpc) is 2.90. The molecule has 0 heterocycles. The van der Waals surface area contributed by atoms with Crippen LogP contribution in [-0.2, 0) is 6.42 Å². The van der Waals surface area contributed by atoms with Gasteiger partial charge in [-0.2, -0.15) is 0 Å². The van der Waals surface area contributed by atoms with Crippen molar-refractivity contribution >= 4 is 6.08 Å². The molecule has 0 N–H and O–H groups in total. The first kappa shape index (κ1) is 26.1. The molecule has 3 aromatic rings. The zero-order valence-electron chi connectivity index (χ0n) is 21.2. The third-order valence-corrected chi connectivity index (χ3v) is 7.41. The van der Waals surface area contributed by atoms with Crippen LogP contribution in [0.25, 0.3) is 17.2 Å². The lowest BCUT2D eigenvalue weighted by molar-refractivity contribution is 0.370. The Balaban J connectivity index is 1.37. The second-order valence-electron chi connectivity index (χ2n) is 9.85. The standard InChI is InChI=1S/C32H35F3O/c1-3-4-5-6-22-9-14-25(15-10-22)28-19-17-26(31(34)32(28)35)16-11-23-7-12-24(13-8-23)27-18-20-30(36-2)29(33)21-27/h9-11,14-21,23-24H,3-8,12-13H2,1-2H3/b16-11+. The highest BCUT2D eigenvalue weighted by atomic mass is 19.2. The summed E-state index contributed by atoms with van der Waals surface area (Å²) in [7, 11) is 1.46. The molecule has 0 aromatic heterocycles. The van der Waals surface area contributed by atoms with Gasteiger partial charge < -0.3 is 4.74 Å². The fourth-order valence-corrected chi connectivity index (χ4v) is 5.17. The minimum atomic E-state index is -0.807. The molecule has 1 nitrogen and oxygen atoms in total. The van der Waals surface area contributed by atoms with Crippen molar-refractivity contribution in [3.8, 4) is 16.9 Å². The second-order valence-corrected chi connectivity index (χ2v) is 9.85. The zero-order chi connectivity index (χ0) is 25.5. The van der Waals surface area contributed by atoms with Crippen LogP contribution in [0, 0.1) is 23.4 Å². The monoisotopic (exact) mass is 492 g/mol. The summed E-state index contributed by atoms with van der Waals surface area (Å²) in [5, 5.41) is 0. The number of hydrogen-bond donors (Lipinski definition) is 0. The molecule has 4 heteroatoms. The molecule has 0 saturated heterocycles. The first-order valence-electron chi connectivity index (χ1n) is 13.1. The third kappa shape index (κ3) is 6.21. The summed E-state index contributed by atoms with van der Waals surface area (Å²) in [6.45, 7) is 2.18. The van der Waals surface area contributed by atoms with Crippen molar-refractivity contribution in [1.29, 1.82) is 0 Å². The number of aryl methyl sites for hydroxylation is 1. The van der Waals surface area contributed by atoms with Crippen molar-refractivity contribution in [2.75, 3.05) is 7.11 Å². The van der Waals surface area contributed by atoms with Gasteiger partial charge in [-0.15, -0.1) is 0 Å². The molecule has 0 radical (unpaired) electrons. The van der Waals surface area contributed by atoms with Crippen LogP contribution in [0.5, 0.6) is 5.75 Å². The first-order chi connectivity index (χ1) is 17.5. The normalized spacial score (nSPS) is 18.0. The van der Waals surface area contributed by atoms with Crippen LogP contribution in [-0.4, -0.2) is 7.11 Å². The number of ether oxygens (including phenoxy) is 1. The molecule has 0 bridgehead atoms. The smallest absolute Gasteiger partial charge is 0.167 e. The Bertz CT molecular complexity index is 1170. The van der Waals surface area contributed by atoms with Crippen LogP contribution in [0.15, 0.2) is 60.7 Å². The van der Waals surface area contributed by atoms with Crippen LogP contribution in [0.3, 0.4) is 0 Å². The minimum absolute atomic E-state index is 0.259. The number of hydrogen-bond acceptors (Lipinski definition) is 1. The van der Waals surface area contributed by atoms with Crippen molar-refractivity contribution in [2.24, 2.45) is 5.92 Å². The number of benzene rings is 3. The minimum Gasteiger partial charge on any atom is -0.494 e. The first-order valence-corrected chi connectivity index (χ1v) is 13.1. The number of allylic oxidation sites excluding steroid dienone is 1. The Morgan fingerprint density at radius 1 is 0.861 bits per heavy atom. The van der Waals surface area contributed by atoms with Gasteiger partial charge in [0.05, 0.1) is 7.11 Å². The van der Waals surface area contributed by atoms with Gasteiger partial charge in [0.1, 0.15) is 0 Å². The van der Waals surface area contributed by atoms with Gasteiger partial charge in [0.2, 0.25) is 0 Å². The van der Waals surface area contributed by atoms with E-state index in [2.05, 4.69) is 6.92 Å². The van der Waals surface area contributed by atoms with E-state index in [9.17, 15) is 13.2 Å². The van der Waals surface area contributed by atoms with Crippen LogP contribution in [0.2, 0.25) is 0 Å². The van der Waals surface area contributed by atoms with Gasteiger partial charge in [0, 0.05) is 11.1 Å². The van der Waals surface area contributed by atoms with Gasteiger partial charge in [-0.3, -0.25) is 0 Å². The summed E-state index contributed by atoms with van der Waals surface area (Å²) in [5.41, 5.74) is 3.46. The molecule has 1 fully saturated rings. The average molecular weight is 493 g/mol. The van der Waals surface area contributed by atoms with Crippen LogP contribution >= 0.6 is 0 Å². The molecule has 0 unspecified atom stereocenters. The van der Waals surface area contributed by atoms with Crippen molar-refractivity contribution in [1.82, 2.24) is 0 Å². The Morgan fingerprint density at radius 3 is 2.28 bits per heavy atom. The molecule has 0 amide bonds. The number of rotatable bonds is 9. The topological polar surface area (TPSA) is 9.23 Å². The molecule has 1 aliphatic carbocycles. The maximum atomic E-state index is 14.9. The van der Waals surface area contributed by atoms with E-state index in [1.165, 1.54) is 25.5 Å². The quantitative estimate of drug-likeness (QED) is 0.270. The van der Waals surface area contributed by atoms with Crippen LogP contribution in [0.4, 0.5) is 13.2 Å². The molecule has 0 atom stereocenters. The Kier molecular flexibility index (Phi) is 8.90. The van der Waals surface area contributed by atoms with Crippen molar-refractivity contribution in [3.05, 3.63) is 94.8 Å². The van der Waals surface area contributed by atoms with Crippen molar-refractivity contribution in [3.63, 3.8) is 0 Å². The van der Waals surface area contributed by atoms with Gasteiger partial charge >= 0.3 is 0 Å². The van der Waals surface area contributed by atoms with E-state index in [-0.39, 0.29) is 22.7 Å². The predicted molar refractivity (Wildman–Crippen MR) is 142 cm³/mol. The van der Waals surface area contributed by atoms with Crippen LogP contribution < -0.4 is 4.74 Å². The van der Waals surface area contributed by atoms with E-state index in [0.29, 0.717) is 17.4 Å². The van der Waals surface area contributed by atoms with Gasteiger partial charge in [-0.25, -0.2) is 13.2 Å². The number of methoxy groups -OCH3 is 1. The fraction of sp³-hybridized carbons (Fsp3) is 0.375. The van der Waals surface area contributed by atoms with E-state index in [1.807, 2.05) is 36.4 Å². The Hall–Kier alpha value is -3.01. The molecule has 3 aromatic carbocycles. The summed E-state index contributed by atoms with van der Waals surface area (Å²) in [6, 6.07) is 16.3. The predicted octanol–water partition coefficient (Wildman–Crippen LogP) is 9.50. The van der Waals surface area contributed by atoms with Crippen molar-refractivity contribution < 1.29 is 17.9 Å². The summed E-state index contributed by atoms with van der Waals surface area (Å²) < 4.78 is 48.9. The highest BCUT2D eigenvalue weighted by Gasteiger charge is 2.22. The molecule has 1 aliphatic rings. The SMILES string of the molecule is CCCCCc1ccc(-c2ccc(/C=C/C3CCC(c4ccc(OC)c(F)c4)CC3)c(F)c2F)cc1. The highest BCUT2D eigenvalue weighted by molar-refractivity contribution is 5.67. The lowest BCUT2D eigenvalue weighted by Gasteiger charge is -2.27. The van der Waals surface area contributed by atoms with Gasteiger partial charge in [0.25, 0.3) is 0 Å². The van der Waals surface area contributed by atoms with Gasteiger partial charge in [-0.05, 0) is 79.2 Å². The van der Waals surface area contributed by atoms with Crippen LogP contribution in [0.1, 0.15) is 74.5 Å². The summed E-state index contributed by atoms with van der Waals surface area (Å²) in [6.07, 6.45) is 12.0. The fourth-order valence-electron chi connectivity index (χ4n) is 5.17. The van der Waals surface area contributed by atoms with Gasteiger partial charge in [-0.1, -0.05) is 74.4 Å². The van der Waals surface area contributed by atoms with E-state index < -0.39 is 11.6 Å². The zero-order valence-corrected chi connectivity index (χ0v) is 21.2. The largest absolute Gasteiger partial charge is 0.494 e.